The van der Waals surface area contributed by atoms with Gasteiger partial charge < -0.3 is 14.7 Å². The first-order valence-electron chi connectivity index (χ1n) is 8.17. The second-order valence-electron chi connectivity index (χ2n) is 5.77. The van der Waals surface area contributed by atoms with Gasteiger partial charge in [0.1, 0.15) is 11.6 Å². The standard InChI is InChI=1S/C19H19FN2O3/c1-2-13-12-15(20)5-6-17(13)25-18-16(4-3-9-21-18)14-7-10-22(11-8-14)19(23)24/h3-7,9,12H,2,8,10-11H2,1H3,(H,23,24). The summed E-state index contributed by atoms with van der Waals surface area (Å²) in [6, 6.07) is 8.15. The maximum absolute atomic E-state index is 13.4. The van der Waals surface area contributed by atoms with E-state index in [1.807, 2.05) is 25.1 Å². The molecule has 0 spiro atoms. The number of benzene rings is 1. The van der Waals surface area contributed by atoms with Crippen molar-refractivity contribution in [2.24, 2.45) is 0 Å². The third-order valence-electron chi connectivity index (χ3n) is 4.21. The zero-order chi connectivity index (χ0) is 17.8. The van der Waals surface area contributed by atoms with Crippen molar-refractivity contribution in [1.29, 1.82) is 0 Å². The predicted octanol–water partition coefficient (Wildman–Crippen LogP) is 4.34. The number of hydrogen-bond acceptors (Lipinski definition) is 3. The van der Waals surface area contributed by atoms with E-state index >= 15 is 0 Å². The van der Waals surface area contributed by atoms with Gasteiger partial charge in [0.2, 0.25) is 5.88 Å². The smallest absolute Gasteiger partial charge is 0.407 e. The summed E-state index contributed by atoms with van der Waals surface area (Å²) >= 11 is 0. The van der Waals surface area contributed by atoms with Gasteiger partial charge in [-0.2, -0.15) is 0 Å². The van der Waals surface area contributed by atoms with Crippen LogP contribution in [-0.2, 0) is 6.42 Å². The lowest BCUT2D eigenvalue weighted by Gasteiger charge is -2.24. The van der Waals surface area contributed by atoms with Crippen LogP contribution in [0.15, 0.2) is 42.6 Å². The van der Waals surface area contributed by atoms with E-state index in [-0.39, 0.29) is 5.82 Å². The van der Waals surface area contributed by atoms with E-state index in [4.69, 9.17) is 9.84 Å². The van der Waals surface area contributed by atoms with Crippen molar-refractivity contribution < 1.29 is 19.0 Å². The zero-order valence-corrected chi connectivity index (χ0v) is 13.9. The second-order valence-corrected chi connectivity index (χ2v) is 5.77. The molecular weight excluding hydrogens is 323 g/mol. The molecule has 1 aliphatic heterocycles. The number of pyridine rings is 1. The molecule has 0 unspecified atom stereocenters. The van der Waals surface area contributed by atoms with Crippen LogP contribution in [-0.4, -0.2) is 34.2 Å². The average Bonchev–Trinajstić information content (AvgIpc) is 2.63. The number of carbonyl (C=O) groups is 1. The zero-order valence-electron chi connectivity index (χ0n) is 13.9. The monoisotopic (exact) mass is 342 g/mol. The van der Waals surface area contributed by atoms with Gasteiger partial charge in [-0.1, -0.05) is 13.0 Å². The highest BCUT2D eigenvalue weighted by atomic mass is 19.1. The Hall–Kier alpha value is -2.89. The predicted molar refractivity (Wildman–Crippen MR) is 92.3 cm³/mol. The van der Waals surface area contributed by atoms with Crippen LogP contribution in [0.3, 0.4) is 0 Å². The van der Waals surface area contributed by atoms with E-state index in [1.54, 1.807) is 12.3 Å². The SMILES string of the molecule is CCc1cc(F)ccc1Oc1ncccc1C1=CCN(C(=O)O)CC1. The van der Waals surface area contributed by atoms with Crippen molar-refractivity contribution in [2.45, 2.75) is 19.8 Å². The van der Waals surface area contributed by atoms with Crippen LogP contribution in [0.25, 0.3) is 5.57 Å². The van der Waals surface area contributed by atoms with Gasteiger partial charge in [-0.3, -0.25) is 0 Å². The number of nitrogens with zero attached hydrogens (tertiary/aromatic N) is 2. The lowest BCUT2D eigenvalue weighted by Crippen LogP contribution is -2.33. The first-order chi connectivity index (χ1) is 12.1. The second kappa shape index (κ2) is 7.34. The quantitative estimate of drug-likeness (QED) is 0.898. The number of carboxylic acid groups (broad SMARTS) is 1. The molecule has 2 heterocycles. The normalized spacial score (nSPS) is 14.2. The van der Waals surface area contributed by atoms with Crippen LogP contribution >= 0.6 is 0 Å². The fraction of sp³-hybridized carbons (Fsp3) is 0.263. The van der Waals surface area contributed by atoms with Crippen LogP contribution in [0.5, 0.6) is 11.6 Å². The van der Waals surface area contributed by atoms with Crippen molar-refractivity contribution >= 4 is 11.7 Å². The summed E-state index contributed by atoms with van der Waals surface area (Å²) in [5.74, 6) is 0.723. The Morgan fingerprint density at radius 2 is 2.24 bits per heavy atom. The Morgan fingerprint density at radius 1 is 1.40 bits per heavy atom. The minimum Gasteiger partial charge on any atom is -0.465 e. The summed E-state index contributed by atoms with van der Waals surface area (Å²) in [7, 11) is 0. The highest BCUT2D eigenvalue weighted by Crippen LogP contribution is 2.33. The molecule has 3 rings (SSSR count). The van der Waals surface area contributed by atoms with Gasteiger partial charge in [0, 0.05) is 24.8 Å². The topological polar surface area (TPSA) is 62.7 Å². The number of ether oxygens (including phenoxy) is 1. The highest BCUT2D eigenvalue weighted by Gasteiger charge is 2.19. The molecule has 0 aliphatic carbocycles. The van der Waals surface area contributed by atoms with Crippen LogP contribution in [0.4, 0.5) is 9.18 Å². The summed E-state index contributed by atoms with van der Waals surface area (Å²) < 4.78 is 19.4. The summed E-state index contributed by atoms with van der Waals surface area (Å²) in [5, 5.41) is 9.05. The molecular formula is C19H19FN2O3. The molecule has 1 aliphatic rings. The Labute approximate surface area is 145 Å². The summed E-state index contributed by atoms with van der Waals surface area (Å²) in [6.07, 6.45) is 3.84. The number of rotatable bonds is 4. The maximum atomic E-state index is 13.4. The lowest BCUT2D eigenvalue weighted by atomic mass is 10.0. The molecule has 1 aromatic heterocycles. The van der Waals surface area contributed by atoms with Gasteiger partial charge in [-0.15, -0.1) is 0 Å². The molecule has 2 aromatic rings. The Kier molecular flexibility index (Phi) is 4.97. The minimum absolute atomic E-state index is 0.297. The van der Waals surface area contributed by atoms with E-state index in [2.05, 4.69) is 4.98 Å². The van der Waals surface area contributed by atoms with Crippen LogP contribution in [0.2, 0.25) is 0 Å². The molecule has 0 atom stereocenters. The molecule has 25 heavy (non-hydrogen) atoms. The molecule has 0 saturated carbocycles. The molecule has 130 valence electrons. The molecule has 1 aromatic carbocycles. The van der Waals surface area contributed by atoms with Gasteiger partial charge >= 0.3 is 6.09 Å². The van der Waals surface area contributed by atoms with E-state index in [0.29, 0.717) is 37.6 Å². The average molecular weight is 342 g/mol. The molecule has 0 saturated heterocycles. The molecule has 5 nitrogen and oxygen atoms in total. The fourth-order valence-electron chi connectivity index (χ4n) is 2.83. The molecule has 0 fully saturated rings. The largest absolute Gasteiger partial charge is 0.465 e. The molecule has 0 radical (unpaired) electrons. The van der Waals surface area contributed by atoms with Gasteiger partial charge in [-0.05, 0) is 54.3 Å². The van der Waals surface area contributed by atoms with Crippen LogP contribution < -0.4 is 4.74 Å². The molecule has 1 N–H and O–H groups in total. The van der Waals surface area contributed by atoms with E-state index in [1.165, 1.54) is 17.0 Å². The van der Waals surface area contributed by atoms with Gasteiger partial charge in [-0.25, -0.2) is 14.2 Å². The fourth-order valence-corrected chi connectivity index (χ4v) is 2.83. The van der Waals surface area contributed by atoms with Crippen molar-refractivity contribution in [3.8, 4) is 11.6 Å². The summed E-state index contributed by atoms with van der Waals surface area (Å²) in [4.78, 5) is 16.7. The number of hydrogen-bond donors (Lipinski definition) is 1. The van der Waals surface area contributed by atoms with Crippen LogP contribution in [0, 0.1) is 5.82 Å². The minimum atomic E-state index is -0.920. The molecule has 0 bridgehead atoms. The maximum Gasteiger partial charge on any atom is 0.407 e. The summed E-state index contributed by atoms with van der Waals surface area (Å²) in [5.41, 5.74) is 2.60. The number of aromatic nitrogens is 1. The summed E-state index contributed by atoms with van der Waals surface area (Å²) in [6.45, 7) is 2.72. The first-order valence-corrected chi connectivity index (χ1v) is 8.17. The van der Waals surface area contributed by atoms with Crippen molar-refractivity contribution in [3.63, 3.8) is 0 Å². The van der Waals surface area contributed by atoms with Gasteiger partial charge in [0.25, 0.3) is 0 Å². The first kappa shape index (κ1) is 17.0. The van der Waals surface area contributed by atoms with E-state index < -0.39 is 6.09 Å². The highest BCUT2D eigenvalue weighted by molar-refractivity contribution is 5.73. The number of amides is 1. The molecule has 1 amide bonds. The number of halogens is 1. The lowest BCUT2D eigenvalue weighted by molar-refractivity contribution is 0.150. The van der Waals surface area contributed by atoms with E-state index in [0.717, 1.165) is 16.7 Å². The van der Waals surface area contributed by atoms with Crippen molar-refractivity contribution in [3.05, 3.63) is 59.5 Å². The molecule has 6 heteroatoms. The van der Waals surface area contributed by atoms with Crippen LogP contribution in [0.1, 0.15) is 24.5 Å². The Morgan fingerprint density at radius 3 is 2.92 bits per heavy atom. The van der Waals surface area contributed by atoms with Crippen molar-refractivity contribution in [2.75, 3.05) is 13.1 Å². The van der Waals surface area contributed by atoms with Gasteiger partial charge in [0.15, 0.2) is 0 Å². The van der Waals surface area contributed by atoms with Gasteiger partial charge in [0.05, 0.1) is 0 Å². The third kappa shape index (κ3) is 3.79. The third-order valence-corrected chi connectivity index (χ3v) is 4.21. The van der Waals surface area contributed by atoms with E-state index in [9.17, 15) is 9.18 Å². The number of aryl methyl sites for hydroxylation is 1. The Balaban J connectivity index is 1.89. The Bertz CT molecular complexity index is 820. The van der Waals surface area contributed by atoms with Crippen molar-refractivity contribution in [1.82, 2.24) is 9.88 Å².